The molecule has 2 N–H and O–H groups in total. The van der Waals surface area contributed by atoms with Crippen LogP contribution in [0.25, 0.3) is 0 Å². The molecule has 1 fully saturated rings. The van der Waals surface area contributed by atoms with Gasteiger partial charge in [0.1, 0.15) is 5.56 Å². The summed E-state index contributed by atoms with van der Waals surface area (Å²) in [6.07, 6.45) is 6.06. The molecule has 0 unspecified atom stereocenters. The summed E-state index contributed by atoms with van der Waals surface area (Å²) in [7, 11) is 0. The second-order valence-electron chi connectivity index (χ2n) is 4.31. The number of aromatic nitrogens is 2. The summed E-state index contributed by atoms with van der Waals surface area (Å²) in [4.78, 5) is 35.8. The van der Waals surface area contributed by atoms with Crippen molar-refractivity contribution in [2.24, 2.45) is 0 Å². The fourth-order valence-corrected chi connectivity index (χ4v) is 2.27. The quantitative estimate of drug-likeness (QED) is 0.794. The largest absolute Gasteiger partial charge is 0.477 e. The third-order valence-corrected chi connectivity index (χ3v) is 3.17. The topological polar surface area (TPSA) is 92.2 Å². The van der Waals surface area contributed by atoms with E-state index >= 15 is 0 Å². The number of carbonyl (C=O) groups is 1. The van der Waals surface area contributed by atoms with Crippen LogP contribution < -0.4 is 11.2 Å². The van der Waals surface area contributed by atoms with Gasteiger partial charge in [-0.2, -0.15) is 0 Å². The van der Waals surface area contributed by atoms with Crippen LogP contribution in [0.4, 0.5) is 0 Å². The molecule has 1 aromatic heterocycles. The van der Waals surface area contributed by atoms with Gasteiger partial charge in [0.2, 0.25) is 0 Å². The number of H-pyrrole nitrogens is 1. The summed E-state index contributed by atoms with van der Waals surface area (Å²) in [6.45, 7) is 0. The Balaban J connectivity index is 2.46. The molecule has 0 aliphatic heterocycles. The number of hydrogen-bond donors (Lipinski definition) is 2. The highest BCUT2D eigenvalue weighted by atomic mass is 16.4. The Hall–Kier alpha value is -1.85. The van der Waals surface area contributed by atoms with Gasteiger partial charge in [0.25, 0.3) is 5.56 Å². The molecular formula is C11H14N2O4. The molecule has 1 saturated carbocycles. The summed E-state index contributed by atoms with van der Waals surface area (Å²) in [6, 6.07) is 0.00574. The average Bonchev–Trinajstić information content (AvgIpc) is 2.29. The van der Waals surface area contributed by atoms with E-state index < -0.39 is 17.2 Å². The minimum Gasteiger partial charge on any atom is -0.477 e. The molecule has 0 aromatic carbocycles. The lowest BCUT2D eigenvalue weighted by molar-refractivity contribution is 0.0693. The molecule has 1 aromatic rings. The Bertz CT molecular complexity index is 537. The second-order valence-corrected chi connectivity index (χ2v) is 4.31. The van der Waals surface area contributed by atoms with E-state index in [4.69, 9.17) is 5.11 Å². The number of aromatic amines is 1. The smallest absolute Gasteiger partial charge is 0.342 e. The fourth-order valence-electron chi connectivity index (χ4n) is 2.27. The van der Waals surface area contributed by atoms with Crippen molar-refractivity contribution in [3.63, 3.8) is 0 Å². The molecule has 2 rings (SSSR count). The Kier molecular flexibility index (Phi) is 3.12. The first-order valence-corrected chi connectivity index (χ1v) is 5.68. The molecule has 0 saturated heterocycles. The number of aromatic carboxylic acids is 1. The monoisotopic (exact) mass is 238 g/mol. The molecule has 6 nitrogen and oxygen atoms in total. The SMILES string of the molecule is O=C(O)c1cn(C2CCCCC2)c(=O)[nH]c1=O. The molecule has 92 valence electrons. The summed E-state index contributed by atoms with van der Waals surface area (Å²) in [5.74, 6) is -1.31. The lowest BCUT2D eigenvalue weighted by Crippen LogP contribution is -2.35. The van der Waals surface area contributed by atoms with Crippen LogP contribution >= 0.6 is 0 Å². The Labute approximate surface area is 96.9 Å². The number of nitrogens with one attached hydrogen (secondary N) is 1. The van der Waals surface area contributed by atoms with E-state index in [1.54, 1.807) is 0 Å². The molecule has 6 heteroatoms. The van der Waals surface area contributed by atoms with Crippen molar-refractivity contribution >= 4 is 5.97 Å². The third-order valence-electron chi connectivity index (χ3n) is 3.17. The van der Waals surface area contributed by atoms with Crippen molar-refractivity contribution in [3.05, 3.63) is 32.6 Å². The van der Waals surface area contributed by atoms with Crippen molar-refractivity contribution in [2.75, 3.05) is 0 Å². The van der Waals surface area contributed by atoms with Gasteiger partial charge in [-0.05, 0) is 12.8 Å². The third kappa shape index (κ3) is 2.30. The highest BCUT2D eigenvalue weighted by molar-refractivity contribution is 5.86. The summed E-state index contributed by atoms with van der Waals surface area (Å²) >= 11 is 0. The predicted molar refractivity (Wildman–Crippen MR) is 60.4 cm³/mol. The first-order chi connectivity index (χ1) is 8.09. The van der Waals surface area contributed by atoms with Gasteiger partial charge in [-0.25, -0.2) is 9.59 Å². The molecule has 1 aliphatic rings. The number of carboxylic acids is 1. The van der Waals surface area contributed by atoms with Gasteiger partial charge in [0, 0.05) is 12.2 Å². The van der Waals surface area contributed by atoms with Gasteiger partial charge >= 0.3 is 11.7 Å². The van der Waals surface area contributed by atoms with Gasteiger partial charge in [0.15, 0.2) is 0 Å². The lowest BCUT2D eigenvalue weighted by Gasteiger charge is -2.23. The maximum absolute atomic E-state index is 11.6. The van der Waals surface area contributed by atoms with Gasteiger partial charge in [-0.3, -0.25) is 14.3 Å². The van der Waals surface area contributed by atoms with E-state index in [9.17, 15) is 14.4 Å². The van der Waals surface area contributed by atoms with Crippen molar-refractivity contribution in [1.29, 1.82) is 0 Å². The zero-order valence-corrected chi connectivity index (χ0v) is 9.31. The van der Waals surface area contributed by atoms with Gasteiger partial charge in [0.05, 0.1) is 0 Å². The van der Waals surface area contributed by atoms with Crippen LogP contribution in [-0.2, 0) is 0 Å². The van der Waals surface area contributed by atoms with E-state index in [1.165, 1.54) is 10.8 Å². The van der Waals surface area contributed by atoms with E-state index in [0.717, 1.165) is 32.1 Å². The number of hydrogen-bond acceptors (Lipinski definition) is 3. The van der Waals surface area contributed by atoms with E-state index in [1.807, 2.05) is 0 Å². The van der Waals surface area contributed by atoms with Crippen molar-refractivity contribution < 1.29 is 9.90 Å². The predicted octanol–water partition coefficient (Wildman–Crippen LogP) is 0.740. The highest BCUT2D eigenvalue weighted by Crippen LogP contribution is 2.26. The van der Waals surface area contributed by atoms with Crippen LogP contribution in [0.1, 0.15) is 48.5 Å². The molecular weight excluding hydrogens is 224 g/mol. The Morgan fingerprint density at radius 2 is 1.94 bits per heavy atom. The standard InChI is InChI=1S/C11H14N2O4/c14-9-8(10(15)16)6-13(11(17)12-9)7-4-2-1-3-5-7/h6-7H,1-5H2,(H,15,16)(H,12,14,17). The fraction of sp³-hybridized carbons (Fsp3) is 0.545. The van der Waals surface area contributed by atoms with E-state index in [-0.39, 0.29) is 11.6 Å². The maximum Gasteiger partial charge on any atom is 0.342 e. The summed E-state index contributed by atoms with van der Waals surface area (Å²) < 4.78 is 1.35. The zero-order chi connectivity index (χ0) is 12.4. The normalized spacial score (nSPS) is 16.9. The van der Waals surface area contributed by atoms with Crippen LogP contribution in [0, 0.1) is 0 Å². The van der Waals surface area contributed by atoms with Crippen molar-refractivity contribution in [1.82, 2.24) is 9.55 Å². The highest BCUT2D eigenvalue weighted by Gasteiger charge is 2.19. The van der Waals surface area contributed by atoms with Crippen molar-refractivity contribution in [3.8, 4) is 0 Å². The van der Waals surface area contributed by atoms with Crippen LogP contribution in [0.2, 0.25) is 0 Å². The molecule has 0 atom stereocenters. The average molecular weight is 238 g/mol. The first kappa shape index (κ1) is 11.6. The van der Waals surface area contributed by atoms with Crippen LogP contribution in [-0.4, -0.2) is 20.6 Å². The van der Waals surface area contributed by atoms with Gasteiger partial charge < -0.3 is 5.11 Å². The number of carboxylic acid groups (broad SMARTS) is 1. The van der Waals surface area contributed by atoms with Crippen molar-refractivity contribution in [2.45, 2.75) is 38.1 Å². The minimum absolute atomic E-state index is 0.00574. The zero-order valence-electron chi connectivity index (χ0n) is 9.31. The number of rotatable bonds is 2. The second kappa shape index (κ2) is 4.57. The van der Waals surface area contributed by atoms with E-state index in [0.29, 0.717) is 0 Å². The Morgan fingerprint density at radius 3 is 2.53 bits per heavy atom. The summed E-state index contributed by atoms with van der Waals surface area (Å²) in [5, 5.41) is 8.84. The number of nitrogens with zero attached hydrogens (tertiary/aromatic N) is 1. The van der Waals surface area contributed by atoms with Crippen LogP contribution in [0.5, 0.6) is 0 Å². The van der Waals surface area contributed by atoms with E-state index in [2.05, 4.69) is 4.98 Å². The maximum atomic E-state index is 11.6. The molecule has 1 heterocycles. The summed E-state index contributed by atoms with van der Waals surface area (Å²) in [5.41, 5.74) is -1.74. The lowest BCUT2D eigenvalue weighted by atomic mass is 9.95. The van der Waals surface area contributed by atoms with Crippen LogP contribution in [0.15, 0.2) is 15.8 Å². The molecule has 0 radical (unpaired) electrons. The van der Waals surface area contributed by atoms with Gasteiger partial charge in [-0.15, -0.1) is 0 Å². The Morgan fingerprint density at radius 1 is 1.29 bits per heavy atom. The molecule has 1 aliphatic carbocycles. The molecule has 0 bridgehead atoms. The molecule has 17 heavy (non-hydrogen) atoms. The molecule has 0 spiro atoms. The molecule has 0 amide bonds. The van der Waals surface area contributed by atoms with Crippen LogP contribution in [0.3, 0.4) is 0 Å². The minimum atomic E-state index is -1.31. The first-order valence-electron chi connectivity index (χ1n) is 5.68. The van der Waals surface area contributed by atoms with Gasteiger partial charge in [-0.1, -0.05) is 19.3 Å².